The van der Waals surface area contributed by atoms with Crippen molar-refractivity contribution in [3.05, 3.63) is 65.0 Å². The lowest BCUT2D eigenvalue weighted by atomic mass is 9.99. The van der Waals surface area contributed by atoms with Crippen LogP contribution in [0.4, 0.5) is 13.2 Å². The van der Waals surface area contributed by atoms with Crippen LogP contribution >= 0.6 is 0 Å². The van der Waals surface area contributed by atoms with Gasteiger partial charge >= 0.3 is 6.18 Å². The fourth-order valence-corrected chi connectivity index (χ4v) is 2.24. The molecule has 0 aliphatic heterocycles. The molecule has 3 nitrogen and oxygen atoms in total. The number of rotatable bonds is 5. The Balaban J connectivity index is 2.14. The number of pyridine rings is 1. The molecular weight excluding hydrogens is 305 g/mol. The van der Waals surface area contributed by atoms with Crippen molar-refractivity contribution in [3.8, 4) is 0 Å². The van der Waals surface area contributed by atoms with E-state index in [0.29, 0.717) is 17.5 Å². The van der Waals surface area contributed by atoms with Crippen LogP contribution in [0.5, 0.6) is 0 Å². The first-order chi connectivity index (χ1) is 10.9. The van der Waals surface area contributed by atoms with E-state index in [1.54, 1.807) is 18.2 Å². The topological polar surface area (TPSA) is 42.0 Å². The normalized spacial score (nSPS) is 11.3. The number of benzene rings is 1. The van der Waals surface area contributed by atoms with Crippen LogP contribution in [0.2, 0.25) is 0 Å². The van der Waals surface area contributed by atoms with Crippen LogP contribution in [0.3, 0.4) is 0 Å². The molecule has 0 saturated carbocycles. The average Bonchev–Trinajstić information content (AvgIpc) is 2.53. The van der Waals surface area contributed by atoms with E-state index in [1.807, 2.05) is 6.92 Å². The first kappa shape index (κ1) is 17.0. The van der Waals surface area contributed by atoms with Gasteiger partial charge in [-0.2, -0.15) is 13.2 Å². The van der Waals surface area contributed by atoms with E-state index in [-0.39, 0.29) is 18.1 Å². The van der Waals surface area contributed by atoms with Gasteiger partial charge in [-0.1, -0.05) is 25.5 Å². The summed E-state index contributed by atoms with van der Waals surface area (Å²) in [5, 5.41) is 2.69. The van der Waals surface area contributed by atoms with Crippen molar-refractivity contribution in [3.63, 3.8) is 0 Å². The molecule has 0 aliphatic rings. The van der Waals surface area contributed by atoms with Gasteiger partial charge < -0.3 is 5.32 Å². The van der Waals surface area contributed by atoms with E-state index >= 15 is 0 Å². The highest BCUT2D eigenvalue weighted by atomic mass is 19.4. The number of nitrogens with one attached hydrogen (secondary N) is 1. The molecule has 1 amide bonds. The molecule has 0 unspecified atom stereocenters. The van der Waals surface area contributed by atoms with Crippen molar-refractivity contribution in [1.82, 2.24) is 10.3 Å². The fraction of sp³-hybridized carbons (Fsp3) is 0.294. The number of hydrogen-bond donors (Lipinski definition) is 1. The number of hydrogen-bond acceptors (Lipinski definition) is 2. The Labute approximate surface area is 132 Å². The molecule has 2 rings (SSSR count). The lowest BCUT2D eigenvalue weighted by Crippen LogP contribution is -2.24. The van der Waals surface area contributed by atoms with Gasteiger partial charge in [0.15, 0.2) is 0 Å². The van der Waals surface area contributed by atoms with E-state index in [2.05, 4.69) is 10.3 Å². The van der Waals surface area contributed by atoms with E-state index in [0.717, 1.165) is 18.6 Å². The van der Waals surface area contributed by atoms with E-state index in [4.69, 9.17) is 0 Å². The smallest absolute Gasteiger partial charge is 0.347 e. The van der Waals surface area contributed by atoms with Gasteiger partial charge in [-0.25, -0.2) is 0 Å². The minimum Gasteiger partial charge on any atom is -0.347 e. The molecular formula is C17H17F3N2O. The Morgan fingerprint density at radius 2 is 1.96 bits per heavy atom. The third-order valence-corrected chi connectivity index (χ3v) is 3.39. The standard InChI is InChI=1S/C17H17F3N2O/c1-2-5-12-10-14(17(18,19)20)8-7-13(12)11-22-16(23)15-6-3-4-9-21-15/h3-4,6-10H,2,5,11H2,1H3,(H,22,23). The third-order valence-electron chi connectivity index (χ3n) is 3.39. The maximum atomic E-state index is 12.8. The van der Waals surface area contributed by atoms with Crippen molar-refractivity contribution in [1.29, 1.82) is 0 Å². The van der Waals surface area contributed by atoms with Crippen LogP contribution < -0.4 is 5.32 Å². The van der Waals surface area contributed by atoms with Crippen molar-refractivity contribution < 1.29 is 18.0 Å². The molecule has 23 heavy (non-hydrogen) atoms. The number of aryl methyl sites for hydroxylation is 1. The van der Waals surface area contributed by atoms with E-state index < -0.39 is 11.7 Å². The number of aromatic nitrogens is 1. The molecule has 1 heterocycles. The molecule has 0 saturated heterocycles. The average molecular weight is 322 g/mol. The number of alkyl halides is 3. The molecule has 0 radical (unpaired) electrons. The summed E-state index contributed by atoms with van der Waals surface area (Å²) in [4.78, 5) is 15.9. The SMILES string of the molecule is CCCc1cc(C(F)(F)F)ccc1CNC(=O)c1ccccn1. The summed E-state index contributed by atoms with van der Waals surface area (Å²) in [7, 11) is 0. The second-order valence-electron chi connectivity index (χ2n) is 5.13. The zero-order valence-corrected chi connectivity index (χ0v) is 12.7. The Kier molecular flexibility index (Phi) is 5.36. The number of carbonyl (C=O) groups excluding carboxylic acids is 1. The Bertz CT molecular complexity index is 669. The van der Waals surface area contributed by atoms with E-state index in [9.17, 15) is 18.0 Å². The van der Waals surface area contributed by atoms with Gasteiger partial charge in [0.25, 0.3) is 5.91 Å². The van der Waals surface area contributed by atoms with Gasteiger partial charge in [0.1, 0.15) is 5.69 Å². The molecule has 0 bridgehead atoms. The first-order valence-corrected chi connectivity index (χ1v) is 7.30. The summed E-state index contributed by atoms with van der Waals surface area (Å²) >= 11 is 0. The van der Waals surface area contributed by atoms with Gasteiger partial charge in [0, 0.05) is 12.7 Å². The van der Waals surface area contributed by atoms with E-state index in [1.165, 1.54) is 12.3 Å². The van der Waals surface area contributed by atoms with Crippen molar-refractivity contribution in [2.45, 2.75) is 32.5 Å². The highest BCUT2D eigenvalue weighted by Gasteiger charge is 2.30. The highest BCUT2D eigenvalue weighted by Crippen LogP contribution is 2.31. The lowest BCUT2D eigenvalue weighted by Gasteiger charge is -2.14. The maximum Gasteiger partial charge on any atom is 0.416 e. The summed E-state index contributed by atoms with van der Waals surface area (Å²) in [5.74, 6) is -0.354. The molecule has 0 atom stereocenters. The summed E-state index contributed by atoms with van der Waals surface area (Å²) in [6.07, 6.45) is -1.60. The molecule has 1 aromatic carbocycles. The fourth-order valence-electron chi connectivity index (χ4n) is 2.24. The minimum absolute atomic E-state index is 0.170. The minimum atomic E-state index is -4.36. The predicted molar refractivity (Wildman–Crippen MR) is 80.8 cm³/mol. The largest absolute Gasteiger partial charge is 0.416 e. The molecule has 0 spiro atoms. The molecule has 2 aromatic rings. The lowest BCUT2D eigenvalue weighted by molar-refractivity contribution is -0.137. The number of carbonyl (C=O) groups is 1. The first-order valence-electron chi connectivity index (χ1n) is 7.30. The zero-order valence-electron chi connectivity index (χ0n) is 12.7. The number of amides is 1. The van der Waals surface area contributed by atoms with Crippen LogP contribution in [0.1, 0.15) is 40.5 Å². The van der Waals surface area contributed by atoms with Crippen LogP contribution in [0.25, 0.3) is 0 Å². The maximum absolute atomic E-state index is 12.8. The molecule has 122 valence electrons. The second kappa shape index (κ2) is 7.26. The number of halogens is 3. The van der Waals surface area contributed by atoms with Gasteiger partial charge in [-0.15, -0.1) is 0 Å². The van der Waals surface area contributed by atoms with Gasteiger partial charge in [0.2, 0.25) is 0 Å². The molecule has 0 fully saturated rings. The van der Waals surface area contributed by atoms with Gasteiger partial charge in [-0.05, 0) is 41.8 Å². The van der Waals surface area contributed by atoms with Crippen LogP contribution in [0, 0.1) is 0 Å². The Hall–Kier alpha value is -2.37. The molecule has 1 N–H and O–H groups in total. The summed E-state index contributed by atoms with van der Waals surface area (Å²) in [5.41, 5.74) is 0.894. The van der Waals surface area contributed by atoms with Crippen molar-refractivity contribution in [2.75, 3.05) is 0 Å². The molecule has 6 heteroatoms. The third kappa shape index (κ3) is 4.55. The highest BCUT2D eigenvalue weighted by molar-refractivity contribution is 5.92. The number of nitrogens with zero attached hydrogens (tertiary/aromatic N) is 1. The van der Waals surface area contributed by atoms with Crippen LogP contribution in [0.15, 0.2) is 42.6 Å². The van der Waals surface area contributed by atoms with Crippen molar-refractivity contribution >= 4 is 5.91 Å². The zero-order chi connectivity index (χ0) is 16.9. The summed E-state index contributed by atoms with van der Waals surface area (Å²) in [6, 6.07) is 8.60. The second-order valence-corrected chi connectivity index (χ2v) is 5.13. The van der Waals surface area contributed by atoms with Gasteiger partial charge in [-0.3, -0.25) is 9.78 Å². The summed E-state index contributed by atoms with van der Waals surface area (Å²) < 4.78 is 38.4. The monoisotopic (exact) mass is 322 g/mol. The van der Waals surface area contributed by atoms with Crippen LogP contribution in [-0.4, -0.2) is 10.9 Å². The predicted octanol–water partition coefficient (Wildman–Crippen LogP) is 3.98. The van der Waals surface area contributed by atoms with Crippen LogP contribution in [-0.2, 0) is 19.1 Å². The van der Waals surface area contributed by atoms with Gasteiger partial charge in [0.05, 0.1) is 5.56 Å². The Morgan fingerprint density at radius 3 is 2.57 bits per heavy atom. The Morgan fingerprint density at radius 1 is 1.17 bits per heavy atom. The summed E-state index contributed by atoms with van der Waals surface area (Å²) in [6.45, 7) is 2.07. The molecule has 0 aliphatic carbocycles. The quantitative estimate of drug-likeness (QED) is 0.904. The van der Waals surface area contributed by atoms with Crippen molar-refractivity contribution in [2.24, 2.45) is 0 Å². The molecule has 1 aromatic heterocycles.